The zero-order valence-corrected chi connectivity index (χ0v) is 11.1. The molecule has 106 valence electrons. The van der Waals surface area contributed by atoms with Crippen LogP contribution in [0.3, 0.4) is 0 Å². The van der Waals surface area contributed by atoms with Gasteiger partial charge >= 0.3 is 0 Å². The van der Waals surface area contributed by atoms with Crippen LogP contribution in [0.15, 0.2) is 18.2 Å². The molecule has 0 aliphatic rings. The van der Waals surface area contributed by atoms with Crippen LogP contribution in [0.5, 0.6) is 0 Å². The number of carbonyl (C=O) groups excluding carboxylic acids is 1. The number of halogens is 2. The van der Waals surface area contributed by atoms with E-state index in [0.717, 1.165) is 18.2 Å². The summed E-state index contributed by atoms with van der Waals surface area (Å²) in [4.78, 5) is 21.3. The van der Waals surface area contributed by atoms with Crippen LogP contribution in [0.25, 0.3) is 0 Å². The third-order valence-corrected chi connectivity index (χ3v) is 2.29. The summed E-state index contributed by atoms with van der Waals surface area (Å²) >= 11 is 0. The molecular weight excluding hydrogens is 277 g/mol. The minimum atomic E-state index is -0.914. The summed E-state index contributed by atoms with van der Waals surface area (Å²) in [5.74, 6) is -1.52. The van der Waals surface area contributed by atoms with Gasteiger partial charge in [-0.1, -0.05) is 0 Å². The van der Waals surface area contributed by atoms with Gasteiger partial charge in [0.25, 0.3) is 11.6 Å². The average molecular weight is 292 g/mol. The first-order valence-corrected chi connectivity index (χ1v) is 5.39. The quantitative estimate of drug-likeness (QED) is 0.636. The molecule has 0 fully saturated rings. The Bertz CT molecular complexity index is 468. The van der Waals surface area contributed by atoms with Crippen molar-refractivity contribution in [3.63, 3.8) is 0 Å². The molecule has 1 aromatic carbocycles. The van der Waals surface area contributed by atoms with Gasteiger partial charge in [-0.15, -0.1) is 12.4 Å². The number of nitrogens with zero attached hydrogens (tertiary/aromatic N) is 1. The van der Waals surface area contributed by atoms with E-state index in [2.05, 4.69) is 5.32 Å². The zero-order chi connectivity index (χ0) is 13.7. The number of nitrogens with two attached hydrogens (primary N) is 1. The van der Waals surface area contributed by atoms with Crippen molar-refractivity contribution in [2.45, 2.75) is 19.4 Å². The van der Waals surface area contributed by atoms with Gasteiger partial charge in [-0.05, 0) is 19.4 Å². The van der Waals surface area contributed by atoms with Crippen LogP contribution >= 0.6 is 12.4 Å². The van der Waals surface area contributed by atoms with Gasteiger partial charge in [-0.25, -0.2) is 4.39 Å². The lowest BCUT2D eigenvalue weighted by molar-refractivity contribution is -0.385. The smallest absolute Gasteiger partial charge is 0.272 e. The van der Waals surface area contributed by atoms with Crippen LogP contribution in [0.4, 0.5) is 10.1 Å². The van der Waals surface area contributed by atoms with Crippen LogP contribution in [0.2, 0.25) is 0 Å². The van der Waals surface area contributed by atoms with E-state index in [1.54, 1.807) is 6.92 Å². The van der Waals surface area contributed by atoms with Crippen LogP contribution in [-0.4, -0.2) is 23.4 Å². The second-order valence-electron chi connectivity index (χ2n) is 3.94. The molecule has 0 aliphatic carbocycles. The lowest BCUT2D eigenvalue weighted by Crippen LogP contribution is -2.29. The van der Waals surface area contributed by atoms with Gasteiger partial charge in [0.05, 0.1) is 16.6 Å². The SMILES string of the molecule is CC(N)CCNC(=O)c1ccc([N+](=O)[O-])cc1F.Cl. The van der Waals surface area contributed by atoms with Crippen molar-refractivity contribution in [2.75, 3.05) is 6.54 Å². The molecule has 19 heavy (non-hydrogen) atoms. The predicted molar refractivity (Wildman–Crippen MR) is 70.9 cm³/mol. The molecule has 0 bridgehead atoms. The van der Waals surface area contributed by atoms with Crippen LogP contribution in [0.1, 0.15) is 23.7 Å². The number of amides is 1. The van der Waals surface area contributed by atoms with E-state index in [4.69, 9.17) is 5.73 Å². The minimum absolute atomic E-state index is 0. The van der Waals surface area contributed by atoms with Crippen molar-refractivity contribution in [1.29, 1.82) is 0 Å². The Kier molecular flexibility index (Phi) is 6.95. The van der Waals surface area contributed by atoms with Gasteiger partial charge in [0.2, 0.25) is 0 Å². The van der Waals surface area contributed by atoms with Crippen LogP contribution in [-0.2, 0) is 0 Å². The first-order valence-electron chi connectivity index (χ1n) is 5.39. The molecule has 1 unspecified atom stereocenters. The van der Waals surface area contributed by atoms with E-state index in [0.29, 0.717) is 13.0 Å². The molecule has 0 radical (unpaired) electrons. The maximum absolute atomic E-state index is 13.5. The molecule has 1 amide bonds. The summed E-state index contributed by atoms with van der Waals surface area (Å²) in [5, 5.41) is 12.9. The largest absolute Gasteiger partial charge is 0.352 e. The number of benzene rings is 1. The second kappa shape index (κ2) is 7.65. The number of hydrogen-bond acceptors (Lipinski definition) is 4. The van der Waals surface area contributed by atoms with Gasteiger partial charge in [-0.2, -0.15) is 0 Å². The number of nitrogens with one attached hydrogen (secondary N) is 1. The van der Waals surface area contributed by atoms with E-state index in [1.165, 1.54) is 0 Å². The maximum Gasteiger partial charge on any atom is 0.272 e. The Balaban J connectivity index is 0.00000324. The van der Waals surface area contributed by atoms with Gasteiger partial charge in [0.1, 0.15) is 5.82 Å². The molecule has 0 saturated carbocycles. The molecule has 0 saturated heterocycles. The van der Waals surface area contributed by atoms with E-state index >= 15 is 0 Å². The second-order valence-corrected chi connectivity index (χ2v) is 3.94. The Morgan fingerprint density at radius 3 is 2.68 bits per heavy atom. The molecule has 3 N–H and O–H groups in total. The van der Waals surface area contributed by atoms with Crippen molar-refractivity contribution < 1.29 is 14.1 Å². The number of non-ortho nitro benzene ring substituents is 1. The van der Waals surface area contributed by atoms with Crippen molar-refractivity contribution in [1.82, 2.24) is 5.32 Å². The normalized spacial score (nSPS) is 11.3. The van der Waals surface area contributed by atoms with E-state index < -0.39 is 16.6 Å². The lowest BCUT2D eigenvalue weighted by Gasteiger charge is -2.07. The Morgan fingerprint density at radius 1 is 1.58 bits per heavy atom. The van der Waals surface area contributed by atoms with E-state index in [-0.39, 0.29) is 29.7 Å². The van der Waals surface area contributed by atoms with Gasteiger partial charge in [0.15, 0.2) is 0 Å². The molecule has 0 spiro atoms. The molecule has 1 atom stereocenters. The van der Waals surface area contributed by atoms with Gasteiger partial charge in [0, 0.05) is 18.7 Å². The summed E-state index contributed by atoms with van der Waals surface area (Å²) in [6.07, 6.45) is 0.570. The lowest BCUT2D eigenvalue weighted by atomic mass is 10.1. The molecule has 0 aromatic heterocycles. The molecule has 8 heteroatoms. The van der Waals surface area contributed by atoms with E-state index in [1.807, 2.05) is 0 Å². The van der Waals surface area contributed by atoms with Crippen molar-refractivity contribution >= 4 is 24.0 Å². The Labute approximate surface area is 115 Å². The molecule has 1 aromatic rings. The van der Waals surface area contributed by atoms with Crippen LogP contribution < -0.4 is 11.1 Å². The monoisotopic (exact) mass is 291 g/mol. The fraction of sp³-hybridized carbons (Fsp3) is 0.364. The Hall–Kier alpha value is -1.73. The first kappa shape index (κ1) is 17.3. The predicted octanol–water partition coefficient (Wildman–Crippen LogP) is 1.62. The maximum atomic E-state index is 13.5. The average Bonchev–Trinajstić information content (AvgIpc) is 2.27. The molecule has 6 nitrogen and oxygen atoms in total. The van der Waals surface area contributed by atoms with Crippen molar-refractivity contribution in [3.05, 3.63) is 39.7 Å². The van der Waals surface area contributed by atoms with Gasteiger partial charge < -0.3 is 11.1 Å². The highest BCUT2D eigenvalue weighted by Gasteiger charge is 2.15. The number of rotatable bonds is 5. The summed E-state index contributed by atoms with van der Waals surface area (Å²) in [6, 6.07) is 2.84. The standard InChI is InChI=1S/C11H14FN3O3.ClH/c1-7(13)4-5-14-11(16)9-3-2-8(15(17)18)6-10(9)12;/h2-3,6-7H,4-5,13H2,1H3,(H,14,16);1H. The Morgan fingerprint density at radius 2 is 2.21 bits per heavy atom. The number of nitro groups is 1. The fourth-order valence-electron chi connectivity index (χ4n) is 1.31. The third-order valence-electron chi connectivity index (χ3n) is 2.29. The first-order chi connectivity index (χ1) is 8.41. The summed E-state index contributed by atoms with van der Waals surface area (Å²) in [7, 11) is 0. The van der Waals surface area contributed by atoms with E-state index in [9.17, 15) is 19.3 Å². The summed E-state index contributed by atoms with van der Waals surface area (Å²) in [5.41, 5.74) is 4.89. The molecule has 0 heterocycles. The number of carbonyl (C=O) groups is 1. The molecular formula is C11H15ClFN3O3. The highest BCUT2D eigenvalue weighted by atomic mass is 35.5. The van der Waals surface area contributed by atoms with Crippen molar-refractivity contribution in [2.24, 2.45) is 5.73 Å². The number of nitro benzene ring substituents is 1. The number of hydrogen-bond donors (Lipinski definition) is 2. The van der Waals surface area contributed by atoms with Crippen LogP contribution in [0, 0.1) is 15.9 Å². The fourth-order valence-corrected chi connectivity index (χ4v) is 1.31. The van der Waals surface area contributed by atoms with Gasteiger partial charge in [-0.3, -0.25) is 14.9 Å². The molecule has 1 rings (SSSR count). The zero-order valence-electron chi connectivity index (χ0n) is 10.3. The minimum Gasteiger partial charge on any atom is -0.352 e. The molecule has 0 aliphatic heterocycles. The topological polar surface area (TPSA) is 98.3 Å². The highest BCUT2D eigenvalue weighted by molar-refractivity contribution is 5.94. The highest BCUT2D eigenvalue weighted by Crippen LogP contribution is 2.16. The summed E-state index contributed by atoms with van der Waals surface area (Å²) in [6.45, 7) is 2.12. The van der Waals surface area contributed by atoms with Crippen molar-refractivity contribution in [3.8, 4) is 0 Å². The summed E-state index contributed by atoms with van der Waals surface area (Å²) < 4.78 is 13.5. The third kappa shape index (κ3) is 5.19.